The molecular formula is C24H18N4O5. The summed E-state index contributed by atoms with van der Waals surface area (Å²) in [7, 11) is 0. The van der Waals surface area contributed by atoms with Gasteiger partial charge in [-0.15, -0.1) is 0 Å². The number of amides is 2. The molecule has 3 N–H and O–H groups in total. The van der Waals surface area contributed by atoms with E-state index in [0.717, 1.165) is 0 Å². The third kappa shape index (κ3) is 5.23. The molecule has 0 unspecified atom stereocenters. The van der Waals surface area contributed by atoms with Crippen molar-refractivity contribution in [3.8, 4) is 0 Å². The average molecular weight is 442 g/mol. The zero-order valence-electron chi connectivity index (χ0n) is 17.1. The molecule has 9 heteroatoms. The van der Waals surface area contributed by atoms with E-state index in [4.69, 9.17) is 4.42 Å². The summed E-state index contributed by atoms with van der Waals surface area (Å²) < 4.78 is 5.06. The largest absolute Gasteiger partial charge is 0.459 e. The maximum atomic E-state index is 12.7. The summed E-state index contributed by atoms with van der Waals surface area (Å²) in [6.45, 7) is 0. The first-order valence-corrected chi connectivity index (χ1v) is 9.86. The van der Waals surface area contributed by atoms with Gasteiger partial charge in [0.1, 0.15) is 5.69 Å². The highest BCUT2D eigenvalue weighted by Gasteiger charge is 2.18. The first-order valence-electron chi connectivity index (χ1n) is 9.86. The number of anilines is 4. The number of nitrogens with zero attached hydrogens (tertiary/aromatic N) is 1. The smallest absolute Gasteiger partial charge is 0.293 e. The van der Waals surface area contributed by atoms with Gasteiger partial charge in [0.25, 0.3) is 17.5 Å². The Bertz CT molecular complexity index is 1300. The Morgan fingerprint density at radius 2 is 1.45 bits per heavy atom. The van der Waals surface area contributed by atoms with Gasteiger partial charge in [-0.05, 0) is 54.6 Å². The summed E-state index contributed by atoms with van der Waals surface area (Å²) in [4.78, 5) is 35.9. The quantitative estimate of drug-likeness (QED) is 0.259. The number of nitro groups is 1. The van der Waals surface area contributed by atoms with E-state index in [-0.39, 0.29) is 22.7 Å². The van der Waals surface area contributed by atoms with Crippen LogP contribution < -0.4 is 16.0 Å². The van der Waals surface area contributed by atoms with Crippen LogP contribution in [-0.4, -0.2) is 16.7 Å². The van der Waals surface area contributed by atoms with E-state index in [0.29, 0.717) is 17.1 Å². The van der Waals surface area contributed by atoms with Crippen molar-refractivity contribution in [3.63, 3.8) is 0 Å². The number of carbonyl (C=O) groups excluding carboxylic acids is 2. The molecule has 33 heavy (non-hydrogen) atoms. The highest BCUT2D eigenvalue weighted by atomic mass is 16.6. The van der Waals surface area contributed by atoms with Gasteiger partial charge in [0.15, 0.2) is 5.76 Å². The van der Waals surface area contributed by atoms with E-state index in [1.807, 2.05) is 6.07 Å². The molecule has 0 aliphatic carbocycles. The summed E-state index contributed by atoms with van der Waals surface area (Å²) in [6.07, 6.45) is 1.39. The van der Waals surface area contributed by atoms with E-state index < -0.39 is 16.7 Å². The molecule has 9 nitrogen and oxygen atoms in total. The van der Waals surface area contributed by atoms with Gasteiger partial charge in [0.05, 0.1) is 11.2 Å². The molecule has 0 aliphatic rings. The van der Waals surface area contributed by atoms with Crippen LogP contribution in [0.3, 0.4) is 0 Å². The third-order valence-electron chi connectivity index (χ3n) is 4.63. The number of furan rings is 1. The minimum absolute atomic E-state index is 0.116. The lowest BCUT2D eigenvalue weighted by atomic mass is 10.1. The fraction of sp³-hybridized carbons (Fsp3) is 0. The Morgan fingerprint density at radius 3 is 2.12 bits per heavy atom. The second kappa shape index (κ2) is 9.48. The number of nitro benzene ring substituents is 1. The molecule has 2 amide bonds. The van der Waals surface area contributed by atoms with Crippen molar-refractivity contribution in [1.82, 2.24) is 0 Å². The molecule has 0 saturated carbocycles. The van der Waals surface area contributed by atoms with Crippen LogP contribution >= 0.6 is 0 Å². The first kappa shape index (κ1) is 21.3. The SMILES string of the molecule is O=C(Nc1cccc(NC(=O)c2ccco2)c1)c1ccc(Nc2ccccc2)c([N+](=O)[O-])c1. The van der Waals surface area contributed by atoms with Crippen molar-refractivity contribution in [2.24, 2.45) is 0 Å². The molecule has 0 fully saturated rings. The Balaban J connectivity index is 1.49. The predicted molar refractivity (Wildman–Crippen MR) is 124 cm³/mol. The van der Waals surface area contributed by atoms with E-state index in [9.17, 15) is 19.7 Å². The van der Waals surface area contributed by atoms with Crippen molar-refractivity contribution in [2.45, 2.75) is 0 Å². The molecule has 4 aromatic rings. The molecule has 3 aromatic carbocycles. The van der Waals surface area contributed by atoms with Crippen molar-refractivity contribution in [1.29, 1.82) is 0 Å². The molecule has 0 radical (unpaired) electrons. The van der Waals surface area contributed by atoms with Crippen LogP contribution in [0.4, 0.5) is 28.4 Å². The normalized spacial score (nSPS) is 10.3. The van der Waals surface area contributed by atoms with Gasteiger partial charge < -0.3 is 20.4 Å². The lowest BCUT2D eigenvalue weighted by Crippen LogP contribution is -2.14. The van der Waals surface area contributed by atoms with Gasteiger partial charge in [0.2, 0.25) is 0 Å². The Hall–Kier alpha value is -4.92. The van der Waals surface area contributed by atoms with Gasteiger partial charge >= 0.3 is 0 Å². The van der Waals surface area contributed by atoms with E-state index in [1.54, 1.807) is 54.6 Å². The van der Waals surface area contributed by atoms with Crippen LogP contribution in [-0.2, 0) is 0 Å². The summed E-state index contributed by atoms with van der Waals surface area (Å²) in [6, 6.07) is 22.9. The minimum atomic E-state index is -0.549. The van der Waals surface area contributed by atoms with Gasteiger partial charge in [-0.3, -0.25) is 19.7 Å². The van der Waals surface area contributed by atoms with Gasteiger partial charge in [0, 0.05) is 28.7 Å². The Morgan fingerprint density at radius 1 is 0.758 bits per heavy atom. The number of nitrogens with one attached hydrogen (secondary N) is 3. The molecular weight excluding hydrogens is 424 g/mol. The van der Waals surface area contributed by atoms with Crippen LogP contribution in [0.15, 0.2) is 95.6 Å². The lowest BCUT2D eigenvalue weighted by molar-refractivity contribution is -0.383. The summed E-state index contributed by atoms with van der Waals surface area (Å²) in [5, 5.41) is 19.9. The highest BCUT2D eigenvalue weighted by Crippen LogP contribution is 2.29. The maximum absolute atomic E-state index is 12.7. The monoisotopic (exact) mass is 442 g/mol. The van der Waals surface area contributed by atoms with Crippen molar-refractivity contribution in [2.75, 3.05) is 16.0 Å². The molecule has 0 spiro atoms. The maximum Gasteiger partial charge on any atom is 0.293 e. The van der Waals surface area contributed by atoms with Crippen LogP contribution in [0.1, 0.15) is 20.9 Å². The zero-order chi connectivity index (χ0) is 23.2. The highest BCUT2D eigenvalue weighted by molar-refractivity contribution is 6.06. The predicted octanol–water partition coefficient (Wildman–Crippen LogP) is 5.44. The van der Waals surface area contributed by atoms with E-state index in [2.05, 4.69) is 16.0 Å². The van der Waals surface area contributed by atoms with Gasteiger partial charge in [-0.25, -0.2) is 0 Å². The van der Waals surface area contributed by atoms with Crippen LogP contribution in [0.25, 0.3) is 0 Å². The number of hydrogen-bond donors (Lipinski definition) is 3. The summed E-state index contributed by atoms with van der Waals surface area (Å²) >= 11 is 0. The molecule has 4 rings (SSSR count). The van der Waals surface area contributed by atoms with Crippen LogP contribution in [0.5, 0.6) is 0 Å². The molecule has 164 valence electrons. The summed E-state index contributed by atoms with van der Waals surface area (Å²) in [5.41, 5.74) is 1.70. The van der Waals surface area contributed by atoms with Crippen molar-refractivity contribution in [3.05, 3.63) is 113 Å². The van der Waals surface area contributed by atoms with Crippen LogP contribution in [0, 0.1) is 10.1 Å². The van der Waals surface area contributed by atoms with E-state index in [1.165, 1.54) is 30.5 Å². The molecule has 1 heterocycles. The number of carbonyl (C=O) groups is 2. The average Bonchev–Trinajstić information content (AvgIpc) is 3.35. The minimum Gasteiger partial charge on any atom is -0.459 e. The molecule has 0 bridgehead atoms. The van der Waals surface area contributed by atoms with Crippen molar-refractivity contribution >= 4 is 40.3 Å². The molecule has 1 aromatic heterocycles. The number of benzene rings is 3. The van der Waals surface area contributed by atoms with Gasteiger partial charge in [-0.2, -0.15) is 0 Å². The van der Waals surface area contributed by atoms with Crippen molar-refractivity contribution < 1.29 is 18.9 Å². The van der Waals surface area contributed by atoms with Crippen LogP contribution in [0.2, 0.25) is 0 Å². The lowest BCUT2D eigenvalue weighted by Gasteiger charge is -2.10. The van der Waals surface area contributed by atoms with E-state index >= 15 is 0 Å². The molecule has 0 saturated heterocycles. The second-order valence-corrected chi connectivity index (χ2v) is 6.95. The molecule has 0 aliphatic heterocycles. The second-order valence-electron chi connectivity index (χ2n) is 6.95. The number of hydrogen-bond acceptors (Lipinski definition) is 6. The fourth-order valence-corrected chi connectivity index (χ4v) is 3.09. The topological polar surface area (TPSA) is 127 Å². The standard InChI is InChI=1S/C24H18N4O5/c29-23(26-18-8-4-9-19(15-18)27-24(30)22-10-5-13-33-22)16-11-12-20(21(14-16)28(31)32)25-17-6-2-1-3-7-17/h1-15,25H,(H,26,29)(H,27,30). The molecule has 0 atom stereocenters. The number of para-hydroxylation sites is 1. The zero-order valence-corrected chi connectivity index (χ0v) is 17.1. The Kier molecular flexibility index (Phi) is 6.12. The third-order valence-corrected chi connectivity index (χ3v) is 4.63. The first-order chi connectivity index (χ1) is 16.0. The fourth-order valence-electron chi connectivity index (χ4n) is 3.09. The number of rotatable bonds is 7. The van der Waals surface area contributed by atoms with Gasteiger partial charge in [-0.1, -0.05) is 24.3 Å². The Labute approximate surface area is 188 Å². The summed E-state index contributed by atoms with van der Waals surface area (Å²) in [5.74, 6) is -0.805.